The van der Waals surface area contributed by atoms with Gasteiger partial charge in [0.25, 0.3) is 0 Å². The summed E-state index contributed by atoms with van der Waals surface area (Å²) in [6.07, 6.45) is 4.71. The van der Waals surface area contributed by atoms with Crippen molar-refractivity contribution in [2.75, 3.05) is 0 Å². The molecule has 2 aromatic carbocycles. The minimum atomic E-state index is 0.262. The summed E-state index contributed by atoms with van der Waals surface area (Å²) in [4.78, 5) is 0. The molecule has 0 radical (unpaired) electrons. The average Bonchev–Trinajstić information content (AvgIpc) is 2.36. The number of hydrogen-bond donors (Lipinski definition) is 2. The average molecular weight is 240 g/mol. The Morgan fingerprint density at radius 3 is 1.50 bits per heavy atom. The number of rotatable bonds is 4. The van der Waals surface area contributed by atoms with Crippen molar-refractivity contribution in [3.8, 4) is 11.5 Å². The molecule has 2 rings (SSSR count). The van der Waals surface area contributed by atoms with E-state index >= 15 is 0 Å². The summed E-state index contributed by atoms with van der Waals surface area (Å²) in [6, 6.07) is 6.98. The van der Waals surface area contributed by atoms with Gasteiger partial charge in [0.1, 0.15) is 11.5 Å². The van der Waals surface area contributed by atoms with E-state index in [9.17, 15) is 10.2 Å². The largest absolute Gasteiger partial charge is 0.508 e. The van der Waals surface area contributed by atoms with Crippen LogP contribution in [0.1, 0.15) is 11.1 Å². The highest BCUT2D eigenvalue weighted by Gasteiger charge is 2.11. The van der Waals surface area contributed by atoms with E-state index in [0.29, 0.717) is 12.8 Å². The molecule has 2 heteroatoms. The van der Waals surface area contributed by atoms with Crippen LogP contribution in [-0.2, 0) is 12.8 Å². The maximum atomic E-state index is 9.90. The SMILES string of the molecule is C=CCc1c(O)ccc2c(CC=C)c(O)ccc12. The Hall–Kier alpha value is -2.22. The third-order valence-electron chi connectivity index (χ3n) is 3.07. The molecule has 2 nitrogen and oxygen atoms in total. The first kappa shape index (κ1) is 12.2. The van der Waals surface area contributed by atoms with Crippen LogP contribution >= 0.6 is 0 Å². The molecule has 0 spiro atoms. The Labute approximate surface area is 107 Å². The predicted molar refractivity (Wildman–Crippen MR) is 75.1 cm³/mol. The first-order valence-electron chi connectivity index (χ1n) is 5.86. The molecular formula is C16H16O2. The van der Waals surface area contributed by atoms with Gasteiger partial charge in [-0.3, -0.25) is 0 Å². The van der Waals surface area contributed by atoms with E-state index in [0.717, 1.165) is 21.9 Å². The second kappa shape index (κ2) is 4.96. The van der Waals surface area contributed by atoms with Crippen molar-refractivity contribution in [2.45, 2.75) is 12.8 Å². The molecule has 0 aromatic heterocycles. The van der Waals surface area contributed by atoms with Crippen molar-refractivity contribution in [1.82, 2.24) is 0 Å². The van der Waals surface area contributed by atoms with Crippen LogP contribution < -0.4 is 0 Å². The van der Waals surface area contributed by atoms with Gasteiger partial charge in [-0.2, -0.15) is 0 Å². The standard InChI is InChI=1S/C16H16O2/c1-3-5-13-11-7-10-16(18)14(6-4-2)12(11)8-9-15(13)17/h3-4,7-10,17-18H,1-2,5-6H2. The van der Waals surface area contributed by atoms with Gasteiger partial charge in [-0.05, 0) is 35.7 Å². The number of fused-ring (bicyclic) bond motifs is 1. The van der Waals surface area contributed by atoms with Gasteiger partial charge in [-0.15, -0.1) is 13.2 Å². The second-order valence-corrected chi connectivity index (χ2v) is 4.21. The Balaban J connectivity index is 2.79. The molecule has 0 aliphatic heterocycles. The molecule has 92 valence electrons. The molecule has 0 bridgehead atoms. The maximum absolute atomic E-state index is 9.90. The summed E-state index contributed by atoms with van der Waals surface area (Å²) in [5.41, 5.74) is 1.68. The Bertz CT molecular complexity index is 557. The highest BCUT2D eigenvalue weighted by atomic mass is 16.3. The first-order valence-corrected chi connectivity index (χ1v) is 5.86. The molecule has 0 amide bonds. The fraction of sp³-hybridized carbons (Fsp3) is 0.125. The van der Waals surface area contributed by atoms with Gasteiger partial charge in [0.05, 0.1) is 0 Å². The van der Waals surface area contributed by atoms with E-state index in [1.165, 1.54) is 0 Å². The maximum Gasteiger partial charge on any atom is 0.119 e. The zero-order valence-corrected chi connectivity index (χ0v) is 10.2. The Morgan fingerprint density at radius 1 is 0.778 bits per heavy atom. The van der Waals surface area contributed by atoms with Gasteiger partial charge in [0.2, 0.25) is 0 Å². The van der Waals surface area contributed by atoms with E-state index in [-0.39, 0.29) is 11.5 Å². The zero-order valence-electron chi connectivity index (χ0n) is 10.2. The fourth-order valence-corrected chi connectivity index (χ4v) is 2.23. The lowest BCUT2D eigenvalue weighted by atomic mass is 9.95. The lowest BCUT2D eigenvalue weighted by molar-refractivity contribution is 0.468. The normalized spacial score (nSPS) is 10.4. The summed E-state index contributed by atoms with van der Waals surface area (Å²) >= 11 is 0. The van der Waals surface area contributed by atoms with Crippen LogP contribution in [0.4, 0.5) is 0 Å². The number of allylic oxidation sites excluding steroid dienone is 2. The van der Waals surface area contributed by atoms with Crippen LogP contribution in [0.25, 0.3) is 10.8 Å². The van der Waals surface area contributed by atoms with Gasteiger partial charge in [-0.25, -0.2) is 0 Å². The van der Waals surface area contributed by atoms with Crippen molar-refractivity contribution in [3.63, 3.8) is 0 Å². The van der Waals surface area contributed by atoms with E-state index in [4.69, 9.17) is 0 Å². The lowest BCUT2D eigenvalue weighted by Crippen LogP contribution is -1.91. The smallest absolute Gasteiger partial charge is 0.119 e. The summed E-state index contributed by atoms with van der Waals surface area (Å²) in [7, 11) is 0. The number of benzene rings is 2. The van der Waals surface area contributed by atoms with Crippen LogP contribution in [0.15, 0.2) is 49.6 Å². The highest BCUT2D eigenvalue weighted by Crippen LogP contribution is 2.34. The van der Waals surface area contributed by atoms with Crippen LogP contribution in [0.2, 0.25) is 0 Å². The minimum Gasteiger partial charge on any atom is -0.508 e. The number of aromatic hydroxyl groups is 2. The molecule has 0 atom stereocenters. The van der Waals surface area contributed by atoms with Gasteiger partial charge >= 0.3 is 0 Å². The fourth-order valence-electron chi connectivity index (χ4n) is 2.23. The quantitative estimate of drug-likeness (QED) is 0.800. The lowest BCUT2D eigenvalue weighted by Gasteiger charge is -2.12. The summed E-state index contributed by atoms with van der Waals surface area (Å²) in [5, 5.41) is 21.7. The van der Waals surface area contributed by atoms with Crippen LogP contribution in [0, 0.1) is 0 Å². The minimum absolute atomic E-state index is 0.262. The van der Waals surface area contributed by atoms with E-state index in [2.05, 4.69) is 13.2 Å². The molecule has 0 heterocycles. The first-order chi connectivity index (χ1) is 8.69. The second-order valence-electron chi connectivity index (χ2n) is 4.21. The molecule has 2 aromatic rings. The van der Waals surface area contributed by atoms with Crippen molar-refractivity contribution in [3.05, 3.63) is 60.7 Å². The van der Waals surface area contributed by atoms with Crippen molar-refractivity contribution < 1.29 is 10.2 Å². The number of phenolic OH excluding ortho intramolecular Hbond substituents is 2. The van der Waals surface area contributed by atoms with E-state index in [1.807, 2.05) is 12.1 Å². The molecule has 0 saturated heterocycles. The number of hydrogen-bond acceptors (Lipinski definition) is 2. The molecule has 0 fully saturated rings. The molecule has 0 saturated carbocycles. The Morgan fingerprint density at radius 2 is 1.17 bits per heavy atom. The van der Waals surface area contributed by atoms with Gasteiger partial charge in [-0.1, -0.05) is 24.3 Å². The highest BCUT2D eigenvalue weighted by molar-refractivity contribution is 5.92. The van der Waals surface area contributed by atoms with Crippen LogP contribution in [-0.4, -0.2) is 10.2 Å². The molecule has 2 N–H and O–H groups in total. The zero-order chi connectivity index (χ0) is 13.1. The molecular weight excluding hydrogens is 224 g/mol. The predicted octanol–water partition coefficient (Wildman–Crippen LogP) is 3.71. The topological polar surface area (TPSA) is 40.5 Å². The molecule has 0 aliphatic carbocycles. The van der Waals surface area contributed by atoms with Crippen LogP contribution in [0.3, 0.4) is 0 Å². The Kier molecular flexibility index (Phi) is 3.38. The van der Waals surface area contributed by atoms with Gasteiger partial charge < -0.3 is 10.2 Å². The number of phenols is 2. The van der Waals surface area contributed by atoms with Gasteiger partial charge in [0, 0.05) is 11.1 Å². The molecule has 0 aliphatic rings. The third kappa shape index (κ3) is 1.97. The monoisotopic (exact) mass is 240 g/mol. The van der Waals surface area contributed by atoms with Crippen molar-refractivity contribution >= 4 is 10.8 Å². The van der Waals surface area contributed by atoms with Crippen molar-refractivity contribution in [1.29, 1.82) is 0 Å². The van der Waals surface area contributed by atoms with Gasteiger partial charge in [0.15, 0.2) is 0 Å². The summed E-state index contributed by atoms with van der Waals surface area (Å²) in [5.74, 6) is 0.523. The van der Waals surface area contributed by atoms with E-state index in [1.54, 1.807) is 24.3 Å². The summed E-state index contributed by atoms with van der Waals surface area (Å²) in [6.45, 7) is 7.41. The van der Waals surface area contributed by atoms with Crippen LogP contribution in [0.5, 0.6) is 11.5 Å². The molecule has 0 unspecified atom stereocenters. The van der Waals surface area contributed by atoms with E-state index < -0.39 is 0 Å². The third-order valence-corrected chi connectivity index (χ3v) is 3.07. The van der Waals surface area contributed by atoms with Crippen molar-refractivity contribution in [2.24, 2.45) is 0 Å². The molecule has 18 heavy (non-hydrogen) atoms. The summed E-state index contributed by atoms with van der Waals surface area (Å²) < 4.78 is 0.